The maximum Gasteiger partial charge on any atom is 0.119 e. The fourth-order valence-corrected chi connectivity index (χ4v) is 1.89. The molecule has 0 saturated carbocycles. The molecule has 20 heavy (non-hydrogen) atoms. The second kappa shape index (κ2) is 6.10. The van der Waals surface area contributed by atoms with E-state index in [2.05, 4.69) is 5.32 Å². The summed E-state index contributed by atoms with van der Waals surface area (Å²) in [5.41, 5.74) is 2.43. The average Bonchev–Trinajstić information content (AvgIpc) is 2.46. The number of benzene rings is 2. The molecule has 0 unspecified atom stereocenters. The van der Waals surface area contributed by atoms with E-state index in [0.717, 1.165) is 11.3 Å². The van der Waals surface area contributed by atoms with Crippen LogP contribution in [0.1, 0.15) is 17.2 Å². The van der Waals surface area contributed by atoms with Gasteiger partial charge in [0.25, 0.3) is 0 Å². The second-order valence-electron chi connectivity index (χ2n) is 4.54. The molecule has 104 valence electrons. The Morgan fingerprint density at radius 1 is 1.10 bits per heavy atom. The van der Waals surface area contributed by atoms with Crippen LogP contribution in [-0.2, 0) is 4.79 Å². The summed E-state index contributed by atoms with van der Waals surface area (Å²) in [7, 11) is 1.58. The Labute approximate surface area is 118 Å². The van der Waals surface area contributed by atoms with Crippen LogP contribution in [0.25, 0.3) is 0 Å². The number of carbonyl (C=O) groups excluding carboxylic acids is 1. The summed E-state index contributed by atoms with van der Waals surface area (Å²) in [6.07, 6.45) is 0. The number of hydrogen-bond acceptors (Lipinski definition) is 4. The predicted octanol–water partition coefficient (Wildman–Crippen LogP) is 1.91. The van der Waals surface area contributed by atoms with E-state index in [4.69, 9.17) is 4.74 Å². The Hall–Kier alpha value is -2.49. The molecule has 2 aromatic rings. The van der Waals surface area contributed by atoms with Crippen LogP contribution in [-0.4, -0.2) is 13.1 Å². The van der Waals surface area contributed by atoms with Gasteiger partial charge in [-0.05, 0) is 36.8 Å². The summed E-state index contributed by atoms with van der Waals surface area (Å²) in [5, 5.41) is 14.3. The molecule has 0 aromatic heterocycles. The van der Waals surface area contributed by atoms with Crippen LogP contribution in [0.2, 0.25) is 0 Å². The smallest absolute Gasteiger partial charge is 0.119 e. The quantitative estimate of drug-likeness (QED) is 0.901. The molecule has 0 fully saturated rings. The molecule has 0 aliphatic heterocycles. The van der Waals surface area contributed by atoms with Crippen LogP contribution in [0.3, 0.4) is 0 Å². The highest BCUT2D eigenvalue weighted by Gasteiger charge is 2.12. The van der Waals surface area contributed by atoms with Gasteiger partial charge in [-0.2, -0.15) is 0 Å². The monoisotopic (exact) mass is 270 g/mol. The molecule has 0 aliphatic rings. The number of anilines is 1. The third kappa shape index (κ3) is 3.29. The van der Waals surface area contributed by atoms with Crippen molar-refractivity contribution in [1.29, 1.82) is 0 Å². The minimum Gasteiger partial charge on any atom is -0.548 e. The normalized spacial score (nSPS) is 11.7. The van der Waals surface area contributed by atoms with Crippen molar-refractivity contribution in [3.63, 3.8) is 0 Å². The summed E-state index contributed by atoms with van der Waals surface area (Å²) in [5.74, 6) is -0.444. The molecule has 1 N–H and O–H groups in total. The van der Waals surface area contributed by atoms with Crippen LogP contribution >= 0.6 is 0 Å². The van der Waals surface area contributed by atoms with Gasteiger partial charge in [-0.1, -0.05) is 29.8 Å². The van der Waals surface area contributed by atoms with Gasteiger partial charge in [0, 0.05) is 5.69 Å². The van der Waals surface area contributed by atoms with Crippen LogP contribution < -0.4 is 15.2 Å². The molecule has 0 spiro atoms. The van der Waals surface area contributed by atoms with E-state index in [1.54, 1.807) is 43.5 Å². The van der Waals surface area contributed by atoms with Crippen molar-refractivity contribution in [3.8, 4) is 5.75 Å². The Bertz CT molecular complexity index is 576. The van der Waals surface area contributed by atoms with Gasteiger partial charge in [-0.3, -0.25) is 0 Å². The highest BCUT2D eigenvalue weighted by Crippen LogP contribution is 2.22. The van der Waals surface area contributed by atoms with Crippen molar-refractivity contribution in [3.05, 3.63) is 59.7 Å². The van der Waals surface area contributed by atoms with Gasteiger partial charge in [0.15, 0.2) is 0 Å². The van der Waals surface area contributed by atoms with E-state index in [0.29, 0.717) is 11.3 Å². The maximum absolute atomic E-state index is 11.3. The standard InChI is InChI=1S/C16H17NO3/c1-11-3-5-12(6-4-11)15(16(18)19)17-13-7-9-14(20-2)10-8-13/h3-10,15,17H,1-2H3,(H,18,19)/p-1/t15-/m1/s1. The molecule has 4 heteroatoms. The van der Waals surface area contributed by atoms with E-state index in [1.807, 2.05) is 19.1 Å². The largest absolute Gasteiger partial charge is 0.548 e. The van der Waals surface area contributed by atoms with Gasteiger partial charge >= 0.3 is 0 Å². The third-order valence-corrected chi connectivity index (χ3v) is 3.05. The molecule has 0 aliphatic carbocycles. The van der Waals surface area contributed by atoms with Gasteiger partial charge in [0.05, 0.1) is 19.1 Å². The van der Waals surface area contributed by atoms with E-state index in [9.17, 15) is 9.90 Å². The summed E-state index contributed by atoms with van der Waals surface area (Å²) in [6, 6.07) is 13.5. The highest BCUT2D eigenvalue weighted by molar-refractivity contribution is 5.77. The van der Waals surface area contributed by atoms with Crippen molar-refractivity contribution in [2.24, 2.45) is 0 Å². The Morgan fingerprint density at radius 3 is 2.20 bits per heavy atom. The lowest BCUT2D eigenvalue weighted by Crippen LogP contribution is -2.34. The molecule has 0 heterocycles. The average molecular weight is 270 g/mol. The lowest BCUT2D eigenvalue weighted by atomic mass is 10.0. The highest BCUT2D eigenvalue weighted by atomic mass is 16.5. The lowest BCUT2D eigenvalue weighted by molar-refractivity contribution is -0.307. The van der Waals surface area contributed by atoms with E-state index in [-0.39, 0.29) is 0 Å². The zero-order valence-corrected chi connectivity index (χ0v) is 11.4. The first-order chi connectivity index (χ1) is 9.60. The number of aliphatic carboxylic acids is 1. The number of aryl methyl sites for hydroxylation is 1. The van der Waals surface area contributed by atoms with E-state index >= 15 is 0 Å². The number of carboxylic acids is 1. The van der Waals surface area contributed by atoms with Crippen LogP contribution in [0.4, 0.5) is 5.69 Å². The fourth-order valence-electron chi connectivity index (χ4n) is 1.89. The van der Waals surface area contributed by atoms with Gasteiger partial charge in [0.1, 0.15) is 5.75 Å². The second-order valence-corrected chi connectivity index (χ2v) is 4.54. The Balaban J connectivity index is 2.20. The fraction of sp³-hybridized carbons (Fsp3) is 0.188. The number of ether oxygens (including phenoxy) is 1. The number of methoxy groups -OCH3 is 1. The van der Waals surface area contributed by atoms with Crippen LogP contribution in [0.15, 0.2) is 48.5 Å². The number of hydrogen-bond donors (Lipinski definition) is 1. The van der Waals surface area contributed by atoms with Crippen LogP contribution in [0.5, 0.6) is 5.75 Å². The van der Waals surface area contributed by atoms with Gasteiger partial charge in [-0.25, -0.2) is 0 Å². The van der Waals surface area contributed by atoms with Gasteiger partial charge < -0.3 is 20.0 Å². The van der Waals surface area contributed by atoms with E-state index in [1.165, 1.54) is 0 Å². The molecule has 2 aromatic carbocycles. The summed E-state index contributed by atoms with van der Waals surface area (Å²) >= 11 is 0. The topological polar surface area (TPSA) is 61.4 Å². The molecular formula is C16H16NO3-. The van der Waals surface area contributed by atoms with E-state index < -0.39 is 12.0 Å². The summed E-state index contributed by atoms with van der Waals surface area (Å²) < 4.78 is 5.06. The molecular weight excluding hydrogens is 254 g/mol. The first kappa shape index (κ1) is 13.9. The van der Waals surface area contributed by atoms with Crippen molar-refractivity contribution in [1.82, 2.24) is 0 Å². The molecule has 4 nitrogen and oxygen atoms in total. The molecule has 0 radical (unpaired) electrons. The maximum atomic E-state index is 11.3. The van der Waals surface area contributed by atoms with Crippen molar-refractivity contribution in [2.75, 3.05) is 12.4 Å². The molecule has 0 saturated heterocycles. The minimum atomic E-state index is -1.16. The number of rotatable bonds is 5. The summed E-state index contributed by atoms with van der Waals surface area (Å²) in [4.78, 5) is 11.3. The number of carboxylic acid groups (broad SMARTS) is 1. The molecule has 1 atom stereocenters. The number of nitrogens with one attached hydrogen (secondary N) is 1. The molecule has 2 rings (SSSR count). The first-order valence-electron chi connectivity index (χ1n) is 6.28. The minimum absolute atomic E-state index is 0.659. The molecule has 0 bridgehead atoms. The number of carbonyl (C=O) groups is 1. The zero-order chi connectivity index (χ0) is 14.5. The van der Waals surface area contributed by atoms with Crippen molar-refractivity contribution >= 4 is 11.7 Å². The van der Waals surface area contributed by atoms with Crippen molar-refractivity contribution in [2.45, 2.75) is 13.0 Å². The Morgan fingerprint density at radius 2 is 1.70 bits per heavy atom. The summed E-state index contributed by atoms with van der Waals surface area (Å²) in [6.45, 7) is 1.95. The SMILES string of the molecule is COc1ccc(N[C@@H](C(=O)[O-])c2ccc(C)cc2)cc1. The van der Waals surface area contributed by atoms with Gasteiger partial charge in [0.2, 0.25) is 0 Å². The third-order valence-electron chi connectivity index (χ3n) is 3.05. The van der Waals surface area contributed by atoms with Crippen molar-refractivity contribution < 1.29 is 14.6 Å². The Kier molecular flexibility index (Phi) is 4.25. The zero-order valence-electron chi connectivity index (χ0n) is 11.4. The molecule has 0 amide bonds. The van der Waals surface area contributed by atoms with Gasteiger partial charge in [-0.15, -0.1) is 0 Å². The first-order valence-corrected chi connectivity index (χ1v) is 6.28. The predicted molar refractivity (Wildman–Crippen MR) is 75.5 cm³/mol. The lowest BCUT2D eigenvalue weighted by Gasteiger charge is -2.21. The van der Waals surface area contributed by atoms with Crippen LogP contribution in [0, 0.1) is 6.92 Å².